The fraction of sp³-hybridized carbons (Fsp3) is 0.0500. The average Bonchev–Trinajstić information content (AvgIpc) is 3.29. The molecule has 2 aliphatic carbocycles. The minimum Gasteiger partial charge on any atom is -0.310 e. The van der Waals surface area contributed by atoms with Gasteiger partial charge in [0, 0.05) is 33.3 Å². The molecule has 0 radical (unpaired) electrons. The number of hydrogen-bond acceptors (Lipinski definition) is 3. The van der Waals surface area contributed by atoms with Crippen LogP contribution in [0.15, 0.2) is 145 Å². The molecule has 0 saturated carbocycles. The maximum absolute atomic E-state index is 13.8. The third-order valence-corrected chi connectivity index (χ3v) is 8.57. The van der Waals surface area contributed by atoms with Crippen LogP contribution in [-0.4, -0.2) is 11.6 Å². The van der Waals surface area contributed by atoms with Gasteiger partial charge in [0.15, 0.2) is 11.6 Å². The van der Waals surface area contributed by atoms with E-state index in [2.05, 4.69) is 83.8 Å². The van der Waals surface area contributed by atoms with Crippen molar-refractivity contribution in [3.05, 3.63) is 161 Å². The van der Waals surface area contributed by atoms with Crippen LogP contribution in [0.5, 0.6) is 0 Å². The van der Waals surface area contributed by atoms with Crippen molar-refractivity contribution < 1.29 is 9.59 Å². The molecule has 0 aliphatic heterocycles. The Morgan fingerprint density at radius 3 is 1.67 bits per heavy atom. The molecule has 0 fully saturated rings. The molecule has 2 aliphatic rings. The standard InChI is InChI=1S/C40H27NO2/c42-39-35-23-26-13-7-8-14-27(26)24-36(35)40(43)37(39)25-34-30-19-9-11-21-32(30)38(33-22-12-10-20-31(33)34)41(28-15-3-1-4-16-28)29-17-5-2-6-18-29/h1,3-5,7-25H,2,6H2. The Morgan fingerprint density at radius 2 is 1.12 bits per heavy atom. The topological polar surface area (TPSA) is 37.4 Å². The number of anilines is 2. The number of nitrogens with zero attached hydrogens (tertiary/aromatic N) is 1. The number of benzene rings is 6. The van der Waals surface area contributed by atoms with E-state index in [1.54, 1.807) is 0 Å². The molecule has 3 nitrogen and oxygen atoms in total. The number of carbonyl (C=O) groups excluding carboxylic acids is 2. The summed E-state index contributed by atoms with van der Waals surface area (Å²) in [4.78, 5) is 29.9. The molecule has 204 valence electrons. The number of Topliss-reactive ketones (excluding diaryl/α,β-unsaturated/α-hetero) is 2. The van der Waals surface area contributed by atoms with Crippen LogP contribution in [0, 0.1) is 0 Å². The molecular formula is C40H27NO2. The summed E-state index contributed by atoms with van der Waals surface area (Å²) in [5, 5.41) is 6.00. The number of carbonyl (C=O) groups is 2. The molecular weight excluding hydrogens is 526 g/mol. The third-order valence-electron chi connectivity index (χ3n) is 8.57. The van der Waals surface area contributed by atoms with Crippen molar-refractivity contribution >= 4 is 61.3 Å². The fourth-order valence-electron chi connectivity index (χ4n) is 6.57. The van der Waals surface area contributed by atoms with E-state index < -0.39 is 0 Å². The van der Waals surface area contributed by atoms with Crippen LogP contribution >= 0.6 is 0 Å². The van der Waals surface area contributed by atoms with Gasteiger partial charge in [-0.15, -0.1) is 0 Å². The fourth-order valence-corrected chi connectivity index (χ4v) is 6.57. The van der Waals surface area contributed by atoms with E-state index in [-0.39, 0.29) is 17.1 Å². The van der Waals surface area contributed by atoms with Crippen LogP contribution in [-0.2, 0) is 0 Å². The number of allylic oxidation sites excluding steroid dienone is 4. The normalized spacial score (nSPS) is 14.4. The van der Waals surface area contributed by atoms with Gasteiger partial charge in [-0.05, 0) is 76.4 Å². The van der Waals surface area contributed by atoms with Crippen molar-refractivity contribution in [1.82, 2.24) is 0 Å². The van der Waals surface area contributed by atoms with Crippen molar-refractivity contribution in [3.63, 3.8) is 0 Å². The van der Waals surface area contributed by atoms with Crippen molar-refractivity contribution in [2.45, 2.75) is 12.8 Å². The second-order valence-corrected chi connectivity index (χ2v) is 11.1. The summed E-state index contributed by atoms with van der Waals surface area (Å²) in [5.74, 6) is -0.433. The molecule has 0 saturated heterocycles. The zero-order valence-corrected chi connectivity index (χ0v) is 23.5. The van der Waals surface area contributed by atoms with Gasteiger partial charge in [0.25, 0.3) is 0 Å². The van der Waals surface area contributed by atoms with E-state index in [0.29, 0.717) is 11.1 Å². The second kappa shape index (κ2) is 10.1. The van der Waals surface area contributed by atoms with Gasteiger partial charge in [0.1, 0.15) is 0 Å². The van der Waals surface area contributed by atoms with E-state index in [1.165, 1.54) is 0 Å². The van der Waals surface area contributed by atoms with Crippen molar-refractivity contribution in [1.29, 1.82) is 0 Å². The molecule has 8 rings (SSSR count). The molecule has 0 aromatic heterocycles. The van der Waals surface area contributed by atoms with Crippen LogP contribution in [0.25, 0.3) is 38.4 Å². The second-order valence-electron chi connectivity index (χ2n) is 11.1. The lowest BCUT2D eigenvalue weighted by atomic mass is 9.91. The van der Waals surface area contributed by atoms with Crippen LogP contribution in [0.1, 0.15) is 39.1 Å². The van der Waals surface area contributed by atoms with Gasteiger partial charge in [-0.1, -0.05) is 103 Å². The molecule has 43 heavy (non-hydrogen) atoms. The van der Waals surface area contributed by atoms with Gasteiger partial charge in [0.2, 0.25) is 0 Å². The molecule has 0 atom stereocenters. The van der Waals surface area contributed by atoms with Crippen molar-refractivity contribution in [3.8, 4) is 0 Å². The largest absolute Gasteiger partial charge is 0.310 e. The van der Waals surface area contributed by atoms with Crippen LogP contribution in [0.3, 0.4) is 0 Å². The predicted octanol–water partition coefficient (Wildman–Crippen LogP) is 9.98. The van der Waals surface area contributed by atoms with Crippen LogP contribution in [0.4, 0.5) is 11.4 Å². The number of rotatable bonds is 4. The van der Waals surface area contributed by atoms with Crippen molar-refractivity contribution in [2.24, 2.45) is 0 Å². The first kappa shape index (κ1) is 25.2. The summed E-state index contributed by atoms with van der Waals surface area (Å²) >= 11 is 0. The lowest BCUT2D eigenvalue weighted by molar-refractivity contribution is 0.0990. The quantitative estimate of drug-likeness (QED) is 0.124. The Labute approximate surface area is 249 Å². The lowest BCUT2D eigenvalue weighted by Gasteiger charge is -2.30. The third kappa shape index (κ3) is 4.04. The summed E-state index contributed by atoms with van der Waals surface area (Å²) in [6.45, 7) is 0. The SMILES string of the molecule is O=C1C(=Cc2c3ccccc3c(N(C3=CCCC=C3)c3ccccc3)c3ccccc23)C(=O)c2cc3ccccc3cc21. The number of ketones is 2. The molecule has 6 aromatic rings. The Bertz CT molecular complexity index is 2110. The minimum atomic E-state index is -0.216. The highest BCUT2D eigenvalue weighted by Crippen LogP contribution is 2.45. The Kier molecular flexibility index (Phi) is 5.90. The van der Waals surface area contributed by atoms with Crippen LogP contribution in [0.2, 0.25) is 0 Å². The van der Waals surface area contributed by atoms with E-state index >= 15 is 0 Å². The lowest BCUT2D eigenvalue weighted by Crippen LogP contribution is -2.17. The summed E-state index contributed by atoms with van der Waals surface area (Å²) in [7, 11) is 0. The first-order chi connectivity index (χ1) is 21.2. The van der Waals surface area contributed by atoms with Gasteiger partial charge in [0.05, 0.1) is 11.3 Å². The van der Waals surface area contributed by atoms with Crippen molar-refractivity contribution in [2.75, 3.05) is 4.90 Å². The predicted molar refractivity (Wildman–Crippen MR) is 177 cm³/mol. The molecule has 3 heteroatoms. The average molecular weight is 554 g/mol. The molecule has 0 N–H and O–H groups in total. The Balaban J connectivity index is 1.40. The first-order valence-corrected chi connectivity index (χ1v) is 14.7. The summed E-state index contributed by atoms with van der Waals surface area (Å²) in [5.41, 5.74) is 5.33. The van der Waals surface area contributed by atoms with E-state index in [9.17, 15) is 9.59 Å². The number of hydrogen-bond donors (Lipinski definition) is 0. The van der Waals surface area contributed by atoms with E-state index in [4.69, 9.17) is 0 Å². The summed E-state index contributed by atoms with van der Waals surface area (Å²) < 4.78 is 0. The maximum atomic E-state index is 13.8. The maximum Gasteiger partial charge on any atom is 0.197 e. The molecule has 0 spiro atoms. The monoisotopic (exact) mass is 553 g/mol. The molecule has 0 unspecified atom stereocenters. The molecule has 0 heterocycles. The Hall–Kier alpha value is -5.54. The summed E-state index contributed by atoms with van der Waals surface area (Å²) in [6, 6.07) is 38.6. The molecule has 0 bridgehead atoms. The first-order valence-electron chi connectivity index (χ1n) is 14.7. The van der Waals surface area contributed by atoms with Crippen LogP contribution < -0.4 is 4.90 Å². The highest BCUT2D eigenvalue weighted by atomic mass is 16.2. The van der Waals surface area contributed by atoms with Gasteiger partial charge < -0.3 is 4.90 Å². The molecule has 6 aromatic carbocycles. The zero-order valence-electron chi connectivity index (χ0n) is 23.5. The zero-order chi connectivity index (χ0) is 28.9. The summed E-state index contributed by atoms with van der Waals surface area (Å²) in [6.07, 6.45) is 10.6. The number of fused-ring (bicyclic) bond motifs is 4. The van der Waals surface area contributed by atoms with Gasteiger partial charge >= 0.3 is 0 Å². The molecule has 0 amide bonds. The van der Waals surface area contributed by atoms with Gasteiger partial charge in [-0.3, -0.25) is 9.59 Å². The van der Waals surface area contributed by atoms with E-state index in [0.717, 1.165) is 67.8 Å². The number of para-hydroxylation sites is 1. The van der Waals surface area contributed by atoms with Gasteiger partial charge in [-0.25, -0.2) is 0 Å². The minimum absolute atomic E-state index is 0.214. The van der Waals surface area contributed by atoms with Gasteiger partial charge in [-0.2, -0.15) is 0 Å². The van der Waals surface area contributed by atoms with E-state index in [1.807, 2.05) is 60.7 Å². The smallest absolute Gasteiger partial charge is 0.197 e. The highest BCUT2D eigenvalue weighted by Gasteiger charge is 2.34. The highest BCUT2D eigenvalue weighted by molar-refractivity contribution is 6.42. The Morgan fingerprint density at radius 1 is 0.581 bits per heavy atom.